The minimum Gasteiger partial charge on any atom is -0.333 e. The summed E-state index contributed by atoms with van der Waals surface area (Å²) in [6, 6.07) is 2.53. The van der Waals surface area contributed by atoms with Crippen molar-refractivity contribution in [3.8, 4) is 0 Å². The predicted octanol–water partition coefficient (Wildman–Crippen LogP) is 0.700. The molecule has 8 nitrogen and oxygen atoms in total. The van der Waals surface area contributed by atoms with Crippen molar-refractivity contribution in [1.29, 1.82) is 0 Å². The van der Waals surface area contributed by atoms with Crippen molar-refractivity contribution in [2.24, 2.45) is 5.73 Å². The Labute approximate surface area is 158 Å². The lowest BCUT2D eigenvalue weighted by Crippen LogP contribution is -2.41. The number of rotatable bonds is 4. The number of hydrogen-bond acceptors (Lipinski definition) is 5. The van der Waals surface area contributed by atoms with Gasteiger partial charge in [0.25, 0.3) is 5.56 Å². The van der Waals surface area contributed by atoms with Crippen molar-refractivity contribution < 1.29 is 13.6 Å². The highest BCUT2D eigenvalue weighted by Gasteiger charge is 2.25. The fraction of sp³-hybridized carbons (Fsp3) is 0.333. The lowest BCUT2D eigenvalue weighted by atomic mass is 10.0. The Morgan fingerprint density at radius 1 is 1.32 bits per heavy atom. The van der Waals surface area contributed by atoms with Crippen molar-refractivity contribution in [1.82, 2.24) is 24.6 Å². The average Bonchev–Trinajstić information content (AvgIpc) is 3.04. The van der Waals surface area contributed by atoms with E-state index in [-0.39, 0.29) is 41.9 Å². The van der Waals surface area contributed by atoms with Crippen LogP contribution < -0.4 is 11.3 Å². The highest BCUT2D eigenvalue weighted by atomic mass is 19.1. The minimum absolute atomic E-state index is 0.00167. The molecule has 3 N–H and O–H groups in total. The van der Waals surface area contributed by atoms with Gasteiger partial charge in [0.15, 0.2) is 5.52 Å². The molecule has 0 radical (unpaired) electrons. The molecule has 0 fully saturated rings. The molecule has 1 aromatic carbocycles. The minimum atomic E-state index is -0.642. The van der Waals surface area contributed by atoms with Gasteiger partial charge in [-0.2, -0.15) is 5.10 Å². The number of amides is 1. The molecule has 0 aliphatic carbocycles. The standard InChI is InChI=1S/C18H18F2N6O2/c19-11-1-2-13(20)10(5-11)6-12(21)7-16(27)25-3-4-26-14-8-22-24-18(28)17(14)23-15(26)9-25/h1-2,5,8,12H,3-4,6-7,9,21H2,(H,24,28)/t12-/m1/s1. The van der Waals surface area contributed by atoms with E-state index in [0.717, 1.165) is 18.2 Å². The maximum atomic E-state index is 13.8. The zero-order valence-corrected chi connectivity index (χ0v) is 14.9. The van der Waals surface area contributed by atoms with E-state index in [2.05, 4.69) is 15.2 Å². The lowest BCUT2D eigenvalue weighted by molar-refractivity contribution is -0.133. The average molecular weight is 388 g/mol. The maximum absolute atomic E-state index is 13.8. The zero-order chi connectivity index (χ0) is 19.8. The molecule has 1 amide bonds. The van der Waals surface area contributed by atoms with E-state index >= 15 is 0 Å². The van der Waals surface area contributed by atoms with Gasteiger partial charge in [-0.25, -0.2) is 18.9 Å². The van der Waals surface area contributed by atoms with Crippen LogP contribution >= 0.6 is 0 Å². The van der Waals surface area contributed by atoms with Crippen LogP contribution in [0.15, 0.2) is 29.2 Å². The number of H-pyrrole nitrogens is 1. The molecule has 0 saturated carbocycles. The lowest BCUT2D eigenvalue weighted by Gasteiger charge is -2.29. The fourth-order valence-electron chi connectivity index (χ4n) is 3.48. The second-order valence-electron chi connectivity index (χ2n) is 6.83. The Hall–Kier alpha value is -3.14. The van der Waals surface area contributed by atoms with Crippen molar-refractivity contribution in [2.45, 2.75) is 32.0 Å². The maximum Gasteiger partial charge on any atom is 0.292 e. The quantitative estimate of drug-likeness (QED) is 0.684. The molecule has 28 heavy (non-hydrogen) atoms. The van der Waals surface area contributed by atoms with Crippen molar-refractivity contribution in [2.75, 3.05) is 6.54 Å². The van der Waals surface area contributed by atoms with Gasteiger partial charge in [0.05, 0.1) is 18.3 Å². The molecule has 3 heterocycles. The topological polar surface area (TPSA) is 110 Å². The first kappa shape index (κ1) is 18.2. The largest absolute Gasteiger partial charge is 0.333 e. The Morgan fingerprint density at radius 2 is 2.14 bits per heavy atom. The third-order valence-electron chi connectivity index (χ3n) is 4.86. The summed E-state index contributed by atoms with van der Waals surface area (Å²) in [6.45, 7) is 1.16. The summed E-state index contributed by atoms with van der Waals surface area (Å²) < 4.78 is 28.9. The number of hydrogen-bond donors (Lipinski definition) is 2. The van der Waals surface area contributed by atoms with Crippen LogP contribution in [-0.2, 0) is 24.3 Å². The SMILES string of the molecule is N[C@@H](CC(=O)N1CCn2c(nc3c(=O)[nH]ncc32)C1)Cc1cc(F)ccc1F. The number of benzene rings is 1. The third-order valence-corrected chi connectivity index (χ3v) is 4.86. The molecule has 1 atom stereocenters. The summed E-state index contributed by atoms with van der Waals surface area (Å²) in [5.41, 5.74) is 6.68. The Kier molecular flexibility index (Phi) is 4.63. The zero-order valence-electron chi connectivity index (χ0n) is 14.9. The van der Waals surface area contributed by atoms with E-state index in [9.17, 15) is 18.4 Å². The number of aromatic nitrogens is 4. The van der Waals surface area contributed by atoms with E-state index in [1.807, 2.05) is 4.57 Å². The molecule has 0 saturated heterocycles. The smallest absolute Gasteiger partial charge is 0.292 e. The number of carbonyl (C=O) groups is 1. The van der Waals surface area contributed by atoms with Crippen LogP contribution in [0.25, 0.3) is 11.0 Å². The van der Waals surface area contributed by atoms with Crippen LogP contribution in [0.1, 0.15) is 17.8 Å². The first-order valence-electron chi connectivity index (χ1n) is 8.82. The fourth-order valence-corrected chi connectivity index (χ4v) is 3.48. The summed E-state index contributed by atoms with van der Waals surface area (Å²) >= 11 is 0. The number of nitrogens with one attached hydrogen (secondary N) is 1. The molecular formula is C18H18F2N6O2. The first-order chi connectivity index (χ1) is 13.4. The molecule has 146 valence electrons. The molecule has 2 aromatic heterocycles. The Morgan fingerprint density at radius 3 is 2.96 bits per heavy atom. The van der Waals surface area contributed by atoms with E-state index in [1.165, 1.54) is 6.20 Å². The normalized spacial score (nSPS) is 14.9. The van der Waals surface area contributed by atoms with Crippen molar-refractivity contribution in [3.63, 3.8) is 0 Å². The van der Waals surface area contributed by atoms with Gasteiger partial charge in [-0.05, 0) is 30.2 Å². The van der Waals surface area contributed by atoms with E-state index in [4.69, 9.17) is 5.73 Å². The third kappa shape index (κ3) is 3.38. The van der Waals surface area contributed by atoms with Crippen molar-refractivity contribution >= 4 is 16.9 Å². The number of nitrogens with zero attached hydrogens (tertiary/aromatic N) is 4. The first-order valence-corrected chi connectivity index (χ1v) is 8.82. The number of carbonyl (C=O) groups excluding carboxylic acids is 1. The van der Waals surface area contributed by atoms with Gasteiger partial charge < -0.3 is 15.2 Å². The summed E-state index contributed by atoms with van der Waals surface area (Å²) in [6.07, 6.45) is 1.59. The van der Waals surface area contributed by atoms with Crippen LogP contribution in [0.5, 0.6) is 0 Å². The van der Waals surface area contributed by atoms with E-state index in [1.54, 1.807) is 4.90 Å². The molecule has 1 aliphatic rings. The number of imidazole rings is 1. The van der Waals surface area contributed by atoms with Crippen molar-refractivity contribution in [3.05, 3.63) is 57.8 Å². The number of halogens is 2. The molecule has 10 heteroatoms. The number of nitrogens with two attached hydrogens (primary N) is 1. The molecular weight excluding hydrogens is 370 g/mol. The van der Waals surface area contributed by atoms with Crippen LogP contribution in [0.3, 0.4) is 0 Å². The van der Waals surface area contributed by atoms with Gasteiger partial charge in [-0.15, -0.1) is 0 Å². The van der Waals surface area contributed by atoms with Gasteiger partial charge in [-0.1, -0.05) is 0 Å². The number of aromatic amines is 1. The molecule has 0 spiro atoms. The van der Waals surface area contributed by atoms with Crippen LogP contribution in [-0.4, -0.2) is 43.1 Å². The second-order valence-corrected chi connectivity index (χ2v) is 6.83. The van der Waals surface area contributed by atoms with Gasteiger partial charge in [0, 0.05) is 25.6 Å². The van der Waals surface area contributed by atoms with Crippen LogP contribution in [0, 0.1) is 11.6 Å². The molecule has 4 rings (SSSR count). The summed E-state index contributed by atoms with van der Waals surface area (Å²) in [4.78, 5) is 30.4. The monoisotopic (exact) mass is 388 g/mol. The Balaban J connectivity index is 1.45. The van der Waals surface area contributed by atoms with Gasteiger partial charge in [-0.3, -0.25) is 9.59 Å². The van der Waals surface area contributed by atoms with E-state index < -0.39 is 17.7 Å². The van der Waals surface area contributed by atoms with Crippen LogP contribution in [0.4, 0.5) is 8.78 Å². The molecule has 0 unspecified atom stereocenters. The second kappa shape index (κ2) is 7.12. The summed E-state index contributed by atoms with van der Waals surface area (Å²) in [5.74, 6) is -0.698. The van der Waals surface area contributed by atoms with E-state index in [0.29, 0.717) is 24.4 Å². The van der Waals surface area contributed by atoms with Gasteiger partial charge in [0.1, 0.15) is 17.5 Å². The predicted molar refractivity (Wildman–Crippen MR) is 96.2 cm³/mol. The van der Waals surface area contributed by atoms with Crippen LogP contribution in [0.2, 0.25) is 0 Å². The van der Waals surface area contributed by atoms with Gasteiger partial charge in [0.2, 0.25) is 5.91 Å². The summed E-state index contributed by atoms with van der Waals surface area (Å²) in [7, 11) is 0. The molecule has 3 aromatic rings. The Bertz CT molecular complexity index is 1110. The molecule has 0 bridgehead atoms. The van der Waals surface area contributed by atoms with Gasteiger partial charge >= 0.3 is 0 Å². The highest BCUT2D eigenvalue weighted by molar-refractivity contribution is 5.78. The number of fused-ring (bicyclic) bond motifs is 3. The highest BCUT2D eigenvalue weighted by Crippen LogP contribution is 2.19. The summed E-state index contributed by atoms with van der Waals surface area (Å²) in [5, 5.41) is 6.13. The molecule has 1 aliphatic heterocycles.